The average molecular weight is 208 g/mol. The van der Waals surface area contributed by atoms with E-state index in [-0.39, 0.29) is 11.6 Å². The van der Waals surface area contributed by atoms with E-state index in [9.17, 15) is 9.59 Å². The molecular formula is C11H12O4. The molecule has 15 heavy (non-hydrogen) atoms. The van der Waals surface area contributed by atoms with Gasteiger partial charge in [0.25, 0.3) is 0 Å². The molecule has 1 fully saturated rings. The molecule has 80 valence electrons. The summed E-state index contributed by atoms with van der Waals surface area (Å²) >= 11 is 0. The minimum absolute atomic E-state index is 0.150. The lowest BCUT2D eigenvalue weighted by atomic mass is 10.00. The maximum absolute atomic E-state index is 11.6. The molecule has 0 bridgehead atoms. The van der Waals surface area contributed by atoms with E-state index in [1.54, 1.807) is 19.9 Å². The fourth-order valence-electron chi connectivity index (χ4n) is 1.63. The zero-order chi connectivity index (χ0) is 11.2. The molecule has 0 radical (unpaired) electrons. The van der Waals surface area contributed by atoms with Crippen LogP contribution in [0.2, 0.25) is 0 Å². The summed E-state index contributed by atoms with van der Waals surface area (Å²) in [5, 5.41) is 0. The Morgan fingerprint density at radius 1 is 1.40 bits per heavy atom. The van der Waals surface area contributed by atoms with Crippen LogP contribution in [-0.4, -0.2) is 23.5 Å². The van der Waals surface area contributed by atoms with Crippen molar-refractivity contribution in [1.29, 1.82) is 0 Å². The molecule has 0 N–H and O–H groups in total. The van der Waals surface area contributed by atoms with Crippen LogP contribution in [0, 0.1) is 0 Å². The number of hydrogen-bond donors (Lipinski definition) is 0. The molecule has 1 aliphatic heterocycles. The van der Waals surface area contributed by atoms with Crippen LogP contribution in [0.15, 0.2) is 23.5 Å². The van der Waals surface area contributed by atoms with Crippen molar-refractivity contribution in [2.24, 2.45) is 0 Å². The van der Waals surface area contributed by atoms with Crippen LogP contribution < -0.4 is 0 Å². The van der Waals surface area contributed by atoms with Gasteiger partial charge in [-0.15, -0.1) is 0 Å². The van der Waals surface area contributed by atoms with Crippen molar-refractivity contribution in [3.05, 3.63) is 23.5 Å². The van der Waals surface area contributed by atoms with E-state index in [0.29, 0.717) is 11.3 Å². The highest BCUT2D eigenvalue weighted by atomic mass is 16.7. The highest BCUT2D eigenvalue weighted by Gasteiger charge is 2.43. The Morgan fingerprint density at radius 2 is 2.07 bits per heavy atom. The lowest BCUT2D eigenvalue weighted by Crippen LogP contribution is -2.27. The standard InChI is InChI=1S/C11H12O4/c1-6(12)7-4-8(13)10-9(5-7)14-11(2,3)15-10/h4-5,10H,1-3H3. The number of ketones is 2. The van der Waals surface area contributed by atoms with E-state index in [1.807, 2.05) is 0 Å². The molecule has 2 aliphatic rings. The summed E-state index contributed by atoms with van der Waals surface area (Å²) in [5.74, 6) is -0.754. The summed E-state index contributed by atoms with van der Waals surface area (Å²) in [6.45, 7) is 4.87. The van der Waals surface area contributed by atoms with Crippen molar-refractivity contribution in [1.82, 2.24) is 0 Å². The van der Waals surface area contributed by atoms with Crippen LogP contribution in [-0.2, 0) is 19.1 Å². The minimum Gasteiger partial charge on any atom is -0.464 e. The predicted octanol–water partition coefficient (Wildman–Crippen LogP) is 1.12. The van der Waals surface area contributed by atoms with E-state index in [2.05, 4.69) is 0 Å². The number of rotatable bonds is 1. The first-order valence-corrected chi connectivity index (χ1v) is 4.74. The van der Waals surface area contributed by atoms with Gasteiger partial charge in [-0.25, -0.2) is 0 Å². The van der Waals surface area contributed by atoms with Gasteiger partial charge in [0, 0.05) is 19.4 Å². The van der Waals surface area contributed by atoms with Gasteiger partial charge in [0.2, 0.25) is 5.79 Å². The van der Waals surface area contributed by atoms with Gasteiger partial charge in [-0.2, -0.15) is 0 Å². The fraction of sp³-hybridized carbons (Fsp3) is 0.455. The lowest BCUT2D eigenvalue weighted by Gasteiger charge is -2.15. The number of allylic oxidation sites excluding steroid dienone is 2. The molecule has 4 heteroatoms. The maximum atomic E-state index is 11.6. The highest BCUT2D eigenvalue weighted by molar-refractivity contribution is 6.08. The number of fused-ring (bicyclic) bond motifs is 1. The van der Waals surface area contributed by atoms with Crippen molar-refractivity contribution in [3.63, 3.8) is 0 Å². The molecular weight excluding hydrogens is 196 g/mol. The first-order valence-electron chi connectivity index (χ1n) is 4.74. The summed E-state index contributed by atoms with van der Waals surface area (Å²) in [7, 11) is 0. The van der Waals surface area contributed by atoms with Gasteiger partial charge < -0.3 is 9.47 Å². The Morgan fingerprint density at radius 3 is 2.67 bits per heavy atom. The molecule has 0 aromatic heterocycles. The first kappa shape index (κ1) is 10.1. The van der Waals surface area contributed by atoms with Gasteiger partial charge in [-0.3, -0.25) is 9.59 Å². The monoisotopic (exact) mass is 208 g/mol. The number of hydrogen-bond acceptors (Lipinski definition) is 4. The van der Waals surface area contributed by atoms with E-state index in [1.165, 1.54) is 13.0 Å². The maximum Gasteiger partial charge on any atom is 0.205 e. The van der Waals surface area contributed by atoms with E-state index in [4.69, 9.17) is 9.47 Å². The Kier molecular flexibility index (Phi) is 2.04. The molecule has 4 nitrogen and oxygen atoms in total. The van der Waals surface area contributed by atoms with Crippen LogP contribution in [0.1, 0.15) is 20.8 Å². The van der Waals surface area contributed by atoms with Crippen molar-refractivity contribution in [2.75, 3.05) is 0 Å². The predicted molar refractivity (Wildman–Crippen MR) is 51.9 cm³/mol. The van der Waals surface area contributed by atoms with Crippen molar-refractivity contribution in [2.45, 2.75) is 32.7 Å². The van der Waals surface area contributed by atoms with Crippen molar-refractivity contribution < 1.29 is 19.1 Å². The van der Waals surface area contributed by atoms with Crippen LogP contribution in [0.5, 0.6) is 0 Å². The molecule has 0 spiro atoms. The zero-order valence-electron chi connectivity index (χ0n) is 8.87. The normalized spacial score (nSPS) is 27.7. The summed E-state index contributed by atoms with van der Waals surface area (Å²) < 4.78 is 10.8. The van der Waals surface area contributed by atoms with Gasteiger partial charge in [-0.1, -0.05) is 0 Å². The molecule has 2 rings (SSSR count). The van der Waals surface area contributed by atoms with Crippen LogP contribution in [0.3, 0.4) is 0 Å². The van der Waals surface area contributed by atoms with Gasteiger partial charge >= 0.3 is 0 Å². The number of Topliss-reactive ketones (excluding diaryl/α,β-unsaturated/α-hetero) is 1. The fourth-order valence-corrected chi connectivity index (χ4v) is 1.63. The molecule has 0 aromatic carbocycles. The van der Waals surface area contributed by atoms with Gasteiger partial charge in [0.05, 0.1) is 0 Å². The second-order valence-corrected chi connectivity index (χ2v) is 4.10. The Hall–Kier alpha value is -1.42. The van der Waals surface area contributed by atoms with Gasteiger partial charge in [-0.05, 0) is 19.1 Å². The van der Waals surface area contributed by atoms with E-state index in [0.717, 1.165) is 0 Å². The van der Waals surface area contributed by atoms with Gasteiger partial charge in [0.1, 0.15) is 5.76 Å². The average Bonchev–Trinajstić information content (AvgIpc) is 2.39. The van der Waals surface area contributed by atoms with Crippen molar-refractivity contribution >= 4 is 11.6 Å². The number of ether oxygens (including phenoxy) is 2. The Bertz CT molecular complexity index is 401. The Balaban J connectivity index is 2.35. The van der Waals surface area contributed by atoms with E-state index >= 15 is 0 Å². The lowest BCUT2D eigenvalue weighted by molar-refractivity contribution is -0.147. The smallest absolute Gasteiger partial charge is 0.205 e. The van der Waals surface area contributed by atoms with Gasteiger partial charge in [0.15, 0.2) is 17.7 Å². The molecule has 0 aromatic rings. The number of carbonyl (C=O) groups excluding carboxylic acids is 2. The number of carbonyl (C=O) groups is 2. The van der Waals surface area contributed by atoms with Crippen LogP contribution in [0.4, 0.5) is 0 Å². The highest BCUT2D eigenvalue weighted by Crippen LogP contribution is 2.34. The molecule has 0 amide bonds. The molecule has 1 aliphatic carbocycles. The topological polar surface area (TPSA) is 52.6 Å². The summed E-state index contributed by atoms with van der Waals surface area (Å²) in [6.07, 6.45) is 2.20. The first-order chi connectivity index (χ1) is 6.89. The molecule has 1 atom stereocenters. The third-order valence-electron chi connectivity index (χ3n) is 2.28. The van der Waals surface area contributed by atoms with Crippen LogP contribution >= 0.6 is 0 Å². The summed E-state index contributed by atoms with van der Waals surface area (Å²) in [5.41, 5.74) is 0.368. The Labute approximate surface area is 87.5 Å². The zero-order valence-corrected chi connectivity index (χ0v) is 8.87. The molecule has 1 saturated heterocycles. The second kappa shape index (κ2) is 3.03. The van der Waals surface area contributed by atoms with Crippen molar-refractivity contribution in [3.8, 4) is 0 Å². The minimum atomic E-state index is -0.799. The summed E-state index contributed by atoms with van der Waals surface area (Å²) in [4.78, 5) is 22.7. The quantitative estimate of drug-likeness (QED) is 0.648. The third-order valence-corrected chi connectivity index (χ3v) is 2.28. The molecule has 0 saturated carbocycles. The molecule has 1 unspecified atom stereocenters. The largest absolute Gasteiger partial charge is 0.464 e. The SMILES string of the molecule is CC(=O)C1=CC(=O)C2OC(C)(C)OC2=C1. The summed E-state index contributed by atoms with van der Waals surface area (Å²) in [6, 6.07) is 0. The second-order valence-electron chi connectivity index (χ2n) is 4.10. The van der Waals surface area contributed by atoms with Crippen LogP contribution in [0.25, 0.3) is 0 Å². The third kappa shape index (κ3) is 1.72. The van der Waals surface area contributed by atoms with E-state index < -0.39 is 11.9 Å². The molecule has 1 heterocycles.